The first kappa shape index (κ1) is 14.5. The summed E-state index contributed by atoms with van der Waals surface area (Å²) in [6.45, 7) is 8.72. The van der Waals surface area contributed by atoms with Crippen molar-refractivity contribution in [1.82, 2.24) is 9.80 Å². The molecule has 2 N–H and O–H groups in total. The van der Waals surface area contributed by atoms with Crippen molar-refractivity contribution in [3.63, 3.8) is 0 Å². The van der Waals surface area contributed by atoms with Crippen LogP contribution in [0.3, 0.4) is 0 Å². The van der Waals surface area contributed by atoms with Gasteiger partial charge in [-0.25, -0.2) is 0 Å². The van der Waals surface area contributed by atoms with Gasteiger partial charge in [-0.05, 0) is 26.2 Å². The second-order valence-corrected chi connectivity index (χ2v) is 5.45. The Balaban J connectivity index is 2.44. The summed E-state index contributed by atoms with van der Waals surface area (Å²) < 4.78 is 0. The number of carbonyl (C=O) groups is 1. The number of likely N-dealkylation sites (N-methyl/N-ethyl adjacent to an activating group) is 1. The van der Waals surface area contributed by atoms with E-state index in [1.54, 1.807) is 0 Å². The number of carbonyl (C=O) groups excluding carboxylic acids is 1. The van der Waals surface area contributed by atoms with Crippen LogP contribution in [0.2, 0.25) is 0 Å². The fourth-order valence-electron chi connectivity index (χ4n) is 2.29. The average molecular weight is 241 g/mol. The summed E-state index contributed by atoms with van der Waals surface area (Å²) in [5, 5.41) is 0. The van der Waals surface area contributed by atoms with Crippen molar-refractivity contribution in [2.75, 3.05) is 26.7 Å². The maximum absolute atomic E-state index is 12.0. The predicted molar refractivity (Wildman–Crippen MR) is 70.7 cm³/mol. The van der Waals surface area contributed by atoms with Crippen LogP contribution in [0.15, 0.2) is 0 Å². The SMILES string of the molecule is CCC1CN(CC(=O)N(C)C(C)C)CCC1N. The molecular formula is C13H27N3O. The standard InChI is InChI=1S/C13H27N3O/c1-5-11-8-16(7-6-12(11)14)9-13(17)15(4)10(2)3/h10-12H,5-9,14H2,1-4H3. The lowest BCUT2D eigenvalue weighted by Gasteiger charge is -2.37. The largest absolute Gasteiger partial charge is 0.342 e. The minimum absolute atomic E-state index is 0.213. The number of rotatable bonds is 4. The summed E-state index contributed by atoms with van der Waals surface area (Å²) in [4.78, 5) is 16.0. The van der Waals surface area contributed by atoms with Gasteiger partial charge >= 0.3 is 0 Å². The Bertz CT molecular complexity index is 255. The first-order valence-electron chi connectivity index (χ1n) is 6.69. The van der Waals surface area contributed by atoms with Crippen molar-refractivity contribution in [2.24, 2.45) is 11.7 Å². The van der Waals surface area contributed by atoms with Gasteiger partial charge in [0.05, 0.1) is 6.54 Å². The van der Waals surface area contributed by atoms with Crippen LogP contribution in [0.4, 0.5) is 0 Å². The van der Waals surface area contributed by atoms with Gasteiger partial charge in [0.15, 0.2) is 0 Å². The van der Waals surface area contributed by atoms with Gasteiger partial charge in [0.25, 0.3) is 0 Å². The minimum atomic E-state index is 0.213. The molecule has 4 heteroatoms. The number of likely N-dealkylation sites (tertiary alicyclic amines) is 1. The smallest absolute Gasteiger partial charge is 0.236 e. The van der Waals surface area contributed by atoms with Crippen molar-refractivity contribution in [1.29, 1.82) is 0 Å². The van der Waals surface area contributed by atoms with Gasteiger partial charge in [0.2, 0.25) is 5.91 Å². The molecule has 1 heterocycles. The maximum atomic E-state index is 12.0. The zero-order valence-electron chi connectivity index (χ0n) is 11.6. The number of amides is 1. The minimum Gasteiger partial charge on any atom is -0.342 e. The fourth-order valence-corrected chi connectivity index (χ4v) is 2.29. The van der Waals surface area contributed by atoms with Crippen LogP contribution in [0.5, 0.6) is 0 Å². The van der Waals surface area contributed by atoms with Crippen LogP contribution in [0.25, 0.3) is 0 Å². The molecule has 1 saturated heterocycles. The molecular weight excluding hydrogens is 214 g/mol. The van der Waals surface area contributed by atoms with Gasteiger partial charge in [-0.2, -0.15) is 0 Å². The zero-order valence-corrected chi connectivity index (χ0v) is 11.6. The quantitative estimate of drug-likeness (QED) is 0.796. The molecule has 2 atom stereocenters. The molecule has 0 aliphatic carbocycles. The lowest BCUT2D eigenvalue weighted by molar-refractivity contribution is -0.133. The Morgan fingerprint density at radius 1 is 1.53 bits per heavy atom. The molecule has 0 spiro atoms. The fraction of sp³-hybridized carbons (Fsp3) is 0.923. The number of piperidine rings is 1. The summed E-state index contributed by atoms with van der Waals surface area (Å²) in [5.74, 6) is 0.756. The summed E-state index contributed by atoms with van der Waals surface area (Å²) in [7, 11) is 1.87. The predicted octanol–water partition coefficient (Wildman–Crippen LogP) is 0.912. The van der Waals surface area contributed by atoms with Crippen LogP contribution in [0.1, 0.15) is 33.6 Å². The van der Waals surface area contributed by atoms with E-state index >= 15 is 0 Å². The van der Waals surface area contributed by atoms with Crippen LogP contribution in [0, 0.1) is 5.92 Å². The molecule has 1 fully saturated rings. The molecule has 0 aromatic heterocycles. The molecule has 1 amide bonds. The molecule has 0 bridgehead atoms. The number of nitrogens with zero attached hydrogens (tertiary/aromatic N) is 2. The molecule has 1 rings (SSSR count). The van der Waals surface area contributed by atoms with Crippen LogP contribution in [-0.4, -0.2) is 54.5 Å². The van der Waals surface area contributed by atoms with Crippen LogP contribution in [-0.2, 0) is 4.79 Å². The molecule has 1 aliphatic rings. The van der Waals surface area contributed by atoms with E-state index in [0.717, 1.165) is 25.9 Å². The topological polar surface area (TPSA) is 49.6 Å². The van der Waals surface area contributed by atoms with Crippen LogP contribution < -0.4 is 5.73 Å². The summed E-state index contributed by atoms with van der Waals surface area (Å²) >= 11 is 0. The Hall–Kier alpha value is -0.610. The molecule has 0 aromatic carbocycles. The van der Waals surface area contributed by atoms with Gasteiger partial charge < -0.3 is 10.6 Å². The Kier molecular flexibility index (Phi) is 5.40. The first-order chi connectivity index (χ1) is 7.95. The van der Waals surface area contributed by atoms with Crippen LogP contribution >= 0.6 is 0 Å². The van der Waals surface area contributed by atoms with E-state index in [0.29, 0.717) is 18.5 Å². The normalized spacial score (nSPS) is 26.2. The summed E-state index contributed by atoms with van der Waals surface area (Å²) in [6.07, 6.45) is 2.11. The third kappa shape index (κ3) is 3.96. The molecule has 2 unspecified atom stereocenters. The van der Waals surface area contributed by atoms with Gasteiger partial charge in [-0.3, -0.25) is 9.69 Å². The molecule has 0 radical (unpaired) electrons. The van der Waals surface area contributed by atoms with E-state index in [2.05, 4.69) is 11.8 Å². The van der Waals surface area contributed by atoms with Gasteiger partial charge in [-0.15, -0.1) is 0 Å². The molecule has 0 saturated carbocycles. The third-order valence-electron chi connectivity index (χ3n) is 3.93. The van der Waals surface area contributed by atoms with E-state index in [9.17, 15) is 4.79 Å². The second kappa shape index (κ2) is 6.36. The molecule has 0 aromatic rings. The van der Waals surface area contributed by atoms with Crippen molar-refractivity contribution in [3.8, 4) is 0 Å². The third-order valence-corrected chi connectivity index (χ3v) is 3.93. The Morgan fingerprint density at radius 2 is 2.18 bits per heavy atom. The lowest BCUT2D eigenvalue weighted by Crippen LogP contribution is -2.50. The molecule has 100 valence electrons. The Morgan fingerprint density at radius 3 is 2.71 bits per heavy atom. The van der Waals surface area contributed by atoms with Gasteiger partial charge in [0, 0.05) is 32.2 Å². The highest BCUT2D eigenvalue weighted by atomic mass is 16.2. The van der Waals surface area contributed by atoms with E-state index < -0.39 is 0 Å². The van der Waals surface area contributed by atoms with E-state index in [1.807, 2.05) is 25.8 Å². The Labute approximate surface area is 105 Å². The zero-order chi connectivity index (χ0) is 13.0. The highest BCUT2D eigenvalue weighted by Crippen LogP contribution is 2.18. The maximum Gasteiger partial charge on any atom is 0.236 e. The van der Waals surface area contributed by atoms with Crippen molar-refractivity contribution in [3.05, 3.63) is 0 Å². The molecule has 17 heavy (non-hydrogen) atoms. The number of nitrogens with two attached hydrogens (primary N) is 1. The van der Waals surface area contributed by atoms with E-state index in [-0.39, 0.29) is 11.9 Å². The number of hydrogen-bond donors (Lipinski definition) is 1. The average Bonchev–Trinajstić information content (AvgIpc) is 2.30. The van der Waals surface area contributed by atoms with Crippen molar-refractivity contribution < 1.29 is 4.79 Å². The van der Waals surface area contributed by atoms with Gasteiger partial charge in [-0.1, -0.05) is 13.3 Å². The highest BCUT2D eigenvalue weighted by Gasteiger charge is 2.27. The highest BCUT2D eigenvalue weighted by molar-refractivity contribution is 5.78. The summed E-state index contributed by atoms with van der Waals surface area (Å²) in [5.41, 5.74) is 6.07. The van der Waals surface area contributed by atoms with Crippen molar-refractivity contribution >= 4 is 5.91 Å². The lowest BCUT2D eigenvalue weighted by atomic mass is 9.91. The van der Waals surface area contributed by atoms with Crippen molar-refractivity contribution in [2.45, 2.75) is 45.7 Å². The summed E-state index contributed by atoms with van der Waals surface area (Å²) in [6, 6.07) is 0.589. The molecule has 1 aliphatic heterocycles. The van der Waals surface area contributed by atoms with E-state index in [1.165, 1.54) is 0 Å². The second-order valence-electron chi connectivity index (χ2n) is 5.45. The number of hydrogen-bond acceptors (Lipinski definition) is 3. The first-order valence-corrected chi connectivity index (χ1v) is 6.69. The monoisotopic (exact) mass is 241 g/mol. The molecule has 4 nitrogen and oxygen atoms in total. The van der Waals surface area contributed by atoms with Gasteiger partial charge in [0.1, 0.15) is 0 Å². The van der Waals surface area contributed by atoms with E-state index in [4.69, 9.17) is 5.73 Å².